The van der Waals surface area contributed by atoms with Gasteiger partial charge in [-0.05, 0) is 32.9 Å². The van der Waals surface area contributed by atoms with E-state index in [-0.39, 0.29) is 12.1 Å². The van der Waals surface area contributed by atoms with E-state index in [1.54, 1.807) is 0 Å². The van der Waals surface area contributed by atoms with Crippen LogP contribution in [0.5, 0.6) is 0 Å². The van der Waals surface area contributed by atoms with Gasteiger partial charge in [0.05, 0.1) is 12.1 Å². The van der Waals surface area contributed by atoms with Crippen molar-refractivity contribution in [1.29, 1.82) is 0 Å². The average Bonchev–Trinajstić information content (AvgIpc) is 2.36. The van der Waals surface area contributed by atoms with Crippen LogP contribution < -0.4 is 0 Å². The molecule has 11 heavy (non-hydrogen) atoms. The second kappa shape index (κ2) is 2.70. The van der Waals surface area contributed by atoms with Crippen molar-refractivity contribution in [3.63, 3.8) is 0 Å². The number of aliphatic hydroxyl groups is 1. The summed E-state index contributed by atoms with van der Waals surface area (Å²) in [4.78, 5) is 0. The third-order valence-corrected chi connectivity index (χ3v) is 1.99. The second-order valence-corrected chi connectivity index (χ2v) is 3.49. The van der Waals surface area contributed by atoms with E-state index in [9.17, 15) is 0 Å². The zero-order valence-corrected chi connectivity index (χ0v) is 7.33. The van der Waals surface area contributed by atoms with Crippen molar-refractivity contribution in [2.24, 2.45) is 0 Å². The summed E-state index contributed by atoms with van der Waals surface area (Å²) in [5.41, 5.74) is 1.01. The number of aryl methyl sites for hydroxylation is 1. The van der Waals surface area contributed by atoms with E-state index >= 15 is 0 Å². The van der Waals surface area contributed by atoms with Gasteiger partial charge in [-0.1, -0.05) is 0 Å². The number of hydrogen-bond acceptors (Lipinski definition) is 1. The van der Waals surface area contributed by atoms with Gasteiger partial charge >= 0.3 is 0 Å². The summed E-state index contributed by atoms with van der Waals surface area (Å²) in [6, 6.07) is 4.03. The van der Waals surface area contributed by atoms with Crippen LogP contribution in [0.4, 0.5) is 0 Å². The van der Waals surface area contributed by atoms with Gasteiger partial charge in [0.2, 0.25) is 0 Å². The van der Waals surface area contributed by atoms with E-state index in [1.165, 1.54) is 5.69 Å². The molecule has 1 N–H and O–H groups in total. The predicted octanol–water partition coefficient (Wildman–Crippen LogP) is 1.52. The molecule has 0 spiro atoms. The Kier molecular flexibility index (Phi) is 2.05. The first kappa shape index (κ1) is 8.34. The van der Waals surface area contributed by atoms with Gasteiger partial charge in [-0.2, -0.15) is 0 Å². The fourth-order valence-electron chi connectivity index (χ4n) is 1.22. The number of aliphatic hydroxyl groups excluding tert-OH is 1. The van der Waals surface area contributed by atoms with E-state index in [0.29, 0.717) is 0 Å². The molecule has 1 heterocycles. The van der Waals surface area contributed by atoms with Gasteiger partial charge in [0.25, 0.3) is 0 Å². The Hall–Kier alpha value is -0.760. The lowest BCUT2D eigenvalue weighted by molar-refractivity contribution is 0.163. The Bertz CT molecular complexity index is 237. The van der Waals surface area contributed by atoms with E-state index in [1.807, 2.05) is 39.1 Å². The molecule has 0 aliphatic heterocycles. The van der Waals surface area contributed by atoms with Gasteiger partial charge in [-0.3, -0.25) is 0 Å². The van der Waals surface area contributed by atoms with Crippen LogP contribution in [0.25, 0.3) is 0 Å². The van der Waals surface area contributed by atoms with Crippen LogP contribution in [-0.4, -0.2) is 16.3 Å². The van der Waals surface area contributed by atoms with Crippen LogP contribution in [0.15, 0.2) is 18.3 Å². The minimum Gasteiger partial charge on any atom is -0.394 e. The third-order valence-electron chi connectivity index (χ3n) is 1.99. The van der Waals surface area contributed by atoms with Crippen LogP contribution in [0.2, 0.25) is 0 Å². The quantitative estimate of drug-likeness (QED) is 0.684. The van der Waals surface area contributed by atoms with Crippen LogP contribution >= 0.6 is 0 Å². The van der Waals surface area contributed by atoms with Crippen molar-refractivity contribution in [3.05, 3.63) is 24.0 Å². The molecule has 0 saturated heterocycles. The molecule has 62 valence electrons. The molecule has 0 bridgehead atoms. The Morgan fingerprint density at radius 3 is 2.55 bits per heavy atom. The maximum absolute atomic E-state index is 9.07. The Balaban J connectivity index is 3.00. The zero-order chi connectivity index (χ0) is 8.48. The molecule has 0 fully saturated rings. The maximum atomic E-state index is 9.07. The second-order valence-electron chi connectivity index (χ2n) is 3.49. The average molecular weight is 153 g/mol. The number of rotatable bonds is 2. The fourth-order valence-corrected chi connectivity index (χ4v) is 1.22. The molecule has 0 aliphatic rings. The van der Waals surface area contributed by atoms with Gasteiger partial charge in [-0.25, -0.2) is 0 Å². The van der Waals surface area contributed by atoms with Crippen molar-refractivity contribution >= 4 is 0 Å². The lowest BCUT2D eigenvalue weighted by Crippen LogP contribution is -2.30. The smallest absolute Gasteiger partial charge is 0.0661 e. The van der Waals surface area contributed by atoms with Crippen molar-refractivity contribution < 1.29 is 5.11 Å². The highest BCUT2D eigenvalue weighted by molar-refractivity contribution is 5.07. The largest absolute Gasteiger partial charge is 0.394 e. The van der Waals surface area contributed by atoms with Crippen molar-refractivity contribution in [2.45, 2.75) is 26.3 Å². The SMILES string of the molecule is Cc1cccn1C(C)(C)CO. The van der Waals surface area contributed by atoms with Gasteiger partial charge in [-0.15, -0.1) is 0 Å². The van der Waals surface area contributed by atoms with Crippen LogP contribution in [0.1, 0.15) is 19.5 Å². The van der Waals surface area contributed by atoms with Gasteiger partial charge < -0.3 is 9.67 Å². The van der Waals surface area contributed by atoms with E-state index < -0.39 is 0 Å². The number of nitrogens with zero attached hydrogens (tertiary/aromatic N) is 1. The van der Waals surface area contributed by atoms with Gasteiger partial charge in [0.1, 0.15) is 0 Å². The standard InChI is InChI=1S/C9H15NO/c1-8-5-4-6-10(8)9(2,3)7-11/h4-6,11H,7H2,1-3H3. The minimum atomic E-state index is -0.173. The van der Waals surface area contributed by atoms with E-state index in [4.69, 9.17) is 5.11 Å². The lowest BCUT2D eigenvalue weighted by atomic mass is 10.1. The molecule has 0 amide bonds. The maximum Gasteiger partial charge on any atom is 0.0661 e. The predicted molar refractivity (Wildman–Crippen MR) is 45.6 cm³/mol. The Morgan fingerprint density at radius 2 is 2.18 bits per heavy atom. The zero-order valence-electron chi connectivity index (χ0n) is 7.33. The Labute approximate surface area is 67.5 Å². The third kappa shape index (κ3) is 1.46. The Morgan fingerprint density at radius 1 is 1.55 bits per heavy atom. The van der Waals surface area contributed by atoms with Crippen molar-refractivity contribution in [3.8, 4) is 0 Å². The summed E-state index contributed by atoms with van der Waals surface area (Å²) >= 11 is 0. The highest BCUT2D eigenvalue weighted by atomic mass is 16.3. The van der Waals surface area contributed by atoms with Gasteiger partial charge in [0, 0.05) is 11.9 Å². The van der Waals surface area contributed by atoms with Crippen molar-refractivity contribution in [2.75, 3.05) is 6.61 Å². The summed E-state index contributed by atoms with van der Waals surface area (Å²) in [7, 11) is 0. The normalized spacial score (nSPS) is 12.0. The highest BCUT2D eigenvalue weighted by Crippen LogP contribution is 2.16. The fraction of sp³-hybridized carbons (Fsp3) is 0.556. The first-order valence-electron chi connectivity index (χ1n) is 3.83. The monoisotopic (exact) mass is 153 g/mol. The topological polar surface area (TPSA) is 25.2 Å². The van der Waals surface area contributed by atoms with Gasteiger partial charge in [0.15, 0.2) is 0 Å². The summed E-state index contributed by atoms with van der Waals surface area (Å²) < 4.78 is 2.08. The van der Waals surface area contributed by atoms with E-state index in [2.05, 4.69) is 4.57 Å². The highest BCUT2D eigenvalue weighted by Gasteiger charge is 2.18. The summed E-state index contributed by atoms with van der Waals surface area (Å²) in [5.74, 6) is 0. The van der Waals surface area contributed by atoms with Crippen LogP contribution in [-0.2, 0) is 5.54 Å². The molecule has 2 heteroatoms. The number of aromatic nitrogens is 1. The summed E-state index contributed by atoms with van der Waals surface area (Å²) in [5, 5.41) is 9.07. The molecule has 0 radical (unpaired) electrons. The molecular formula is C9H15NO. The summed E-state index contributed by atoms with van der Waals surface area (Å²) in [6.45, 7) is 6.24. The molecule has 0 saturated carbocycles. The molecule has 0 aliphatic carbocycles. The molecule has 2 nitrogen and oxygen atoms in total. The molecular weight excluding hydrogens is 138 g/mol. The van der Waals surface area contributed by atoms with Crippen LogP contribution in [0, 0.1) is 6.92 Å². The molecule has 0 aromatic carbocycles. The lowest BCUT2D eigenvalue weighted by Gasteiger charge is -2.26. The number of hydrogen-bond donors (Lipinski definition) is 1. The molecule has 0 atom stereocenters. The van der Waals surface area contributed by atoms with Crippen LogP contribution in [0.3, 0.4) is 0 Å². The first-order valence-corrected chi connectivity index (χ1v) is 3.83. The van der Waals surface area contributed by atoms with E-state index in [0.717, 1.165) is 0 Å². The summed E-state index contributed by atoms with van der Waals surface area (Å²) in [6.07, 6.45) is 1.99. The first-order chi connectivity index (χ1) is 5.08. The molecule has 1 aromatic heterocycles. The van der Waals surface area contributed by atoms with Crippen molar-refractivity contribution in [1.82, 2.24) is 4.57 Å². The molecule has 1 rings (SSSR count). The minimum absolute atomic E-state index is 0.169. The molecule has 1 aromatic rings. The molecule has 0 unspecified atom stereocenters.